The number of sulfonamides is 1. The fourth-order valence-electron chi connectivity index (χ4n) is 4.23. The van der Waals surface area contributed by atoms with Gasteiger partial charge in [-0.2, -0.15) is 4.31 Å². The van der Waals surface area contributed by atoms with E-state index in [-0.39, 0.29) is 41.9 Å². The summed E-state index contributed by atoms with van der Waals surface area (Å²) >= 11 is 7.58. The Hall–Kier alpha value is -2.46. The number of fused-ring (bicyclic) bond motifs is 1. The molecule has 2 heterocycles. The van der Waals surface area contributed by atoms with E-state index in [1.807, 2.05) is 18.4 Å². The Morgan fingerprint density at radius 2 is 1.89 bits per heavy atom. The number of benzene rings is 2. The molecule has 0 N–H and O–H groups in total. The van der Waals surface area contributed by atoms with Crippen LogP contribution in [0.1, 0.15) is 36.8 Å². The van der Waals surface area contributed by atoms with Crippen LogP contribution in [0.3, 0.4) is 0 Å². The number of ether oxygens (including phenoxy) is 1. The SMILES string of the molecule is CC[C@H](C)N(CC(=O)N1CCc2sccc2[C@H]1COc1ccc(F)cc1)S(=O)(=O)c1ccc(Cl)cc1. The molecule has 0 bridgehead atoms. The van der Waals surface area contributed by atoms with Crippen molar-refractivity contribution in [2.75, 3.05) is 19.7 Å². The van der Waals surface area contributed by atoms with Crippen LogP contribution < -0.4 is 4.74 Å². The van der Waals surface area contributed by atoms with Gasteiger partial charge in [-0.15, -0.1) is 11.3 Å². The number of carbonyl (C=O) groups is 1. The lowest BCUT2D eigenvalue weighted by molar-refractivity contribution is -0.135. The molecular formula is C26H28ClFN2O4S2. The smallest absolute Gasteiger partial charge is 0.243 e. The standard InChI is InChI=1S/C26H28ClFN2O4S2/c1-3-18(2)30(36(32,33)22-10-4-19(27)5-11-22)16-26(31)29-14-12-25-23(13-15-35-25)24(29)17-34-21-8-6-20(28)7-9-21/h4-11,13,15,18,24H,3,12,14,16-17H2,1-2H3/t18-,24+/m0/s1. The van der Waals surface area contributed by atoms with E-state index in [1.54, 1.807) is 35.3 Å². The summed E-state index contributed by atoms with van der Waals surface area (Å²) in [6, 6.07) is 12.9. The molecule has 1 amide bonds. The quantitative estimate of drug-likeness (QED) is 0.351. The van der Waals surface area contributed by atoms with Crippen molar-refractivity contribution in [3.05, 3.63) is 81.3 Å². The van der Waals surface area contributed by atoms with Crippen molar-refractivity contribution in [3.63, 3.8) is 0 Å². The predicted molar refractivity (Wildman–Crippen MR) is 139 cm³/mol. The molecule has 1 aliphatic heterocycles. The average Bonchev–Trinajstić information content (AvgIpc) is 3.35. The fourth-order valence-corrected chi connectivity index (χ4v) is 6.94. The Bertz CT molecular complexity index is 1300. The minimum absolute atomic E-state index is 0.0926. The highest BCUT2D eigenvalue weighted by Crippen LogP contribution is 2.34. The number of hydrogen-bond acceptors (Lipinski definition) is 5. The average molecular weight is 551 g/mol. The van der Waals surface area contributed by atoms with Gasteiger partial charge < -0.3 is 9.64 Å². The van der Waals surface area contributed by atoms with E-state index in [9.17, 15) is 17.6 Å². The van der Waals surface area contributed by atoms with Crippen LogP contribution in [0.15, 0.2) is 64.9 Å². The van der Waals surface area contributed by atoms with Crippen molar-refractivity contribution in [3.8, 4) is 5.75 Å². The highest BCUT2D eigenvalue weighted by Gasteiger charge is 2.36. The molecule has 3 aromatic rings. The molecule has 0 unspecified atom stereocenters. The minimum Gasteiger partial charge on any atom is -0.491 e. The molecule has 1 aromatic heterocycles. The van der Waals surface area contributed by atoms with Crippen molar-refractivity contribution in [1.82, 2.24) is 9.21 Å². The zero-order chi connectivity index (χ0) is 25.9. The Balaban J connectivity index is 1.58. The number of nitrogens with zero attached hydrogens (tertiary/aromatic N) is 2. The van der Waals surface area contributed by atoms with Crippen LogP contribution in [0.4, 0.5) is 4.39 Å². The molecule has 192 valence electrons. The van der Waals surface area contributed by atoms with Crippen LogP contribution in [0.2, 0.25) is 5.02 Å². The van der Waals surface area contributed by atoms with Crippen LogP contribution >= 0.6 is 22.9 Å². The zero-order valence-electron chi connectivity index (χ0n) is 20.1. The third kappa shape index (κ3) is 5.75. The van der Waals surface area contributed by atoms with Crippen molar-refractivity contribution in [1.29, 1.82) is 0 Å². The molecule has 4 rings (SSSR count). The second-order valence-electron chi connectivity index (χ2n) is 8.68. The largest absolute Gasteiger partial charge is 0.491 e. The Labute approximate surface area is 220 Å². The monoisotopic (exact) mass is 550 g/mol. The van der Waals surface area contributed by atoms with Crippen LogP contribution in [0.25, 0.3) is 0 Å². The first kappa shape index (κ1) is 26.6. The number of thiophene rings is 1. The van der Waals surface area contributed by atoms with Crippen LogP contribution in [0.5, 0.6) is 5.75 Å². The molecule has 2 aromatic carbocycles. The van der Waals surface area contributed by atoms with Gasteiger partial charge in [0.15, 0.2) is 0 Å². The van der Waals surface area contributed by atoms with Crippen LogP contribution in [0, 0.1) is 5.82 Å². The van der Waals surface area contributed by atoms with Crippen LogP contribution in [-0.2, 0) is 21.2 Å². The van der Waals surface area contributed by atoms with E-state index in [4.69, 9.17) is 16.3 Å². The third-order valence-corrected chi connectivity index (χ3v) is 9.65. The summed E-state index contributed by atoms with van der Waals surface area (Å²) in [7, 11) is -3.93. The predicted octanol–water partition coefficient (Wildman–Crippen LogP) is 5.53. The van der Waals surface area contributed by atoms with E-state index in [1.165, 1.54) is 45.6 Å². The summed E-state index contributed by atoms with van der Waals surface area (Å²) in [4.78, 5) is 16.6. The van der Waals surface area contributed by atoms with E-state index < -0.39 is 10.0 Å². The van der Waals surface area contributed by atoms with Crippen LogP contribution in [-0.4, -0.2) is 49.3 Å². The molecule has 0 saturated carbocycles. The molecule has 6 nitrogen and oxygen atoms in total. The number of carbonyl (C=O) groups excluding carboxylic acids is 1. The molecule has 0 spiro atoms. The lowest BCUT2D eigenvalue weighted by atomic mass is 10.0. The second kappa shape index (κ2) is 11.3. The summed E-state index contributed by atoms with van der Waals surface area (Å²) in [5.74, 6) is -0.154. The first-order chi connectivity index (χ1) is 17.2. The summed E-state index contributed by atoms with van der Waals surface area (Å²) < 4.78 is 47.5. The summed E-state index contributed by atoms with van der Waals surface area (Å²) in [6.45, 7) is 4.03. The molecule has 2 atom stereocenters. The fraction of sp³-hybridized carbons (Fsp3) is 0.346. The minimum atomic E-state index is -3.93. The molecule has 1 aliphatic rings. The second-order valence-corrected chi connectivity index (χ2v) is 12.0. The molecule has 0 fully saturated rings. The lowest BCUT2D eigenvalue weighted by Gasteiger charge is -2.37. The third-order valence-electron chi connectivity index (χ3n) is 6.43. The van der Waals surface area contributed by atoms with E-state index >= 15 is 0 Å². The van der Waals surface area contributed by atoms with Gasteiger partial charge >= 0.3 is 0 Å². The Kier molecular flexibility index (Phi) is 8.34. The van der Waals surface area contributed by atoms with Crippen molar-refractivity contribution < 1.29 is 22.3 Å². The van der Waals surface area contributed by atoms with Gasteiger partial charge in [-0.05, 0) is 85.3 Å². The zero-order valence-corrected chi connectivity index (χ0v) is 22.5. The molecule has 0 radical (unpaired) electrons. The maximum absolute atomic E-state index is 13.7. The van der Waals surface area contributed by atoms with E-state index in [0.29, 0.717) is 30.2 Å². The number of amides is 1. The molecule has 10 heteroatoms. The summed E-state index contributed by atoms with van der Waals surface area (Å²) in [5, 5.41) is 2.42. The van der Waals surface area contributed by atoms with Gasteiger partial charge in [0.05, 0.1) is 17.5 Å². The lowest BCUT2D eigenvalue weighted by Crippen LogP contribution is -2.49. The van der Waals surface area contributed by atoms with Gasteiger partial charge in [0.1, 0.15) is 18.2 Å². The van der Waals surface area contributed by atoms with Crippen molar-refractivity contribution in [2.24, 2.45) is 0 Å². The number of rotatable bonds is 9. The van der Waals surface area contributed by atoms with Crippen molar-refractivity contribution >= 4 is 38.9 Å². The van der Waals surface area contributed by atoms with Gasteiger partial charge in [-0.1, -0.05) is 18.5 Å². The van der Waals surface area contributed by atoms with Gasteiger partial charge in [0.25, 0.3) is 0 Å². The maximum atomic E-state index is 13.7. The Morgan fingerprint density at radius 3 is 2.56 bits per heavy atom. The van der Waals surface area contributed by atoms with Gasteiger partial charge in [0.2, 0.25) is 15.9 Å². The summed E-state index contributed by atoms with van der Waals surface area (Å²) in [6.07, 6.45) is 1.24. The molecular weight excluding hydrogens is 523 g/mol. The number of halogens is 2. The first-order valence-electron chi connectivity index (χ1n) is 11.7. The van der Waals surface area contributed by atoms with Crippen molar-refractivity contribution in [2.45, 2.75) is 43.7 Å². The Morgan fingerprint density at radius 1 is 1.19 bits per heavy atom. The van der Waals surface area contributed by atoms with Gasteiger partial charge in [-0.25, -0.2) is 12.8 Å². The topological polar surface area (TPSA) is 66.9 Å². The summed E-state index contributed by atoms with van der Waals surface area (Å²) in [5.41, 5.74) is 0.998. The molecule has 36 heavy (non-hydrogen) atoms. The van der Waals surface area contributed by atoms with Gasteiger partial charge in [-0.3, -0.25) is 4.79 Å². The molecule has 0 aliphatic carbocycles. The maximum Gasteiger partial charge on any atom is 0.243 e. The number of hydrogen-bond donors (Lipinski definition) is 0. The van der Waals surface area contributed by atoms with E-state index in [0.717, 1.165) is 5.56 Å². The first-order valence-corrected chi connectivity index (χ1v) is 14.4. The molecule has 0 saturated heterocycles. The van der Waals surface area contributed by atoms with E-state index in [2.05, 4.69) is 0 Å². The highest BCUT2D eigenvalue weighted by atomic mass is 35.5. The normalized spacial score (nSPS) is 16.6. The van der Waals surface area contributed by atoms with Gasteiger partial charge in [0, 0.05) is 22.5 Å². The highest BCUT2D eigenvalue weighted by molar-refractivity contribution is 7.89.